The van der Waals surface area contributed by atoms with Gasteiger partial charge in [0, 0.05) is 35.0 Å². The summed E-state index contributed by atoms with van der Waals surface area (Å²) < 4.78 is 15.2. The van der Waals surface area contributed by atoms with Gasteiger partial charge in [0.05, 0.1) is 6.21 Å². The molecule has 0 radical (unpaired) electrons. The van der Waals surface area contributed by atoms with Crippen LogP contribution in [0, 0.1) is 19.7 Å². The quantitative estimate of drug-likeness (QED) is 0.522. The normalized spacial score (nSPS) is 11.1. The fourth-order valence-corrected chi connectivity index (χ4v) is 2.59. The number of benzene rings is 1. The highest BCUT2D eigenvalue weighted by atomic mass is 19.1. The predicted molar refractivity (Wildman–Crippen MR) is 91.8 cm³/mol. The minimum absolute atomic E-state index is 0.243. The Morgan fingerprint density at radius 2 is 1.83 bits per heavy atom. The first-order chi connectivity index (χ1) is 11.6. The van der Waals surface area contributed by atoms with E-state index >= 15 is 0 Å². The van der Waals surface area contributed by atoms with Gasteiger partial charge in [0.1, 0.15) is 12.4 Å². The number of aryl methyl sites for hydroxylation is 1. The standard InChI is InChI=1S/C19H18FN3O/c1-14-11-17(12-22-24-13-16-7-9-21-10-8-16)15(2)23(14)19-5-3-18(20)4-6-19/h3-12H,13H2,1-2H3/b22-12+. The van der Waals surface area contributed by atoms with Crippen LogP contribution in [0.15, 0.2) is 60.0 Å². The Hall–Kier alpha value is -2.95. The molecule has 0 aliphatic carbocycles. The van der Waals surface area contributed by atoms with Gasteiger partial charge in [-0.2, -0.15) is 0 Å². The van der Waals surface area contributed by atoms with Crippen LogP contribution in [0.3, 0.4) is 0 Å². The van der Waals surface area contributed by atoms with Crippen LogP contribution in [0.1, 0.15) is 22.5 Å². The van der Waals surface area contributed by atoms with Crippen LogP contribution < -0.4 is 0 Å². The second kappa shape index (κ2) is 7.08. The minimum atomic E-state index is -0.243. The summed E-state index contributed by atoms with van der Waals surface area (Å²) in [5.41, 5.74) is 4.97. The summed E-state index contributed by atoms with van der Waals surface area (Å²) in [5, 5.41) is 4.04. The fraction of sp³-hybridized carbons (Fsp3) is 0.158. The molecule has 0 N–H and O–H groups in total. The van der Waals surface area contributed by atoms with Gasteiger partial charge < -0.3 is 9.40 Å². The lowest BCUT2D eigenvalue weighted by Gasteiger charge is -2.09. The zero-order chi connectivity index (χ0) is 16.9. The van der Waals surface area contributed by atoms with Crippen molar-refractivity contribution >= 4 is 6.21 Å². The maximum atomic E-state index is 13.1. The Labute approximate surface area is 140 Å². The third-order valence-corrected chi connectivity index (χ3v) is 3.80. The molecule has 0 aliphatic heterocycles. The number of halogens is 1. The topological polar surface area (TPSA) is 39.4 Å². The van der Waals surface area contributed by atoms with Crippen LogP contribution in [0.5, 0.6) is 0 Å². The Morgan fingerprint density at radius 3 is 2.54 bits per heavy atom. The second-order valence-electron chi connectivity index (χ2n) is 5.50. The number of pyridine rings is 1. The molecule has 1 aromatic carbocycles. The number of rotatable bonds is 5. The van der Waals surface area contributed by atoms with Gasteiger partial charge in [-0.15, -0.1) is 0 Å². The van der Waals surface area contributed by atoms with Crippen LogP contribution in [0.4, 0.5) is 4.39 Å². The average Bonchev–Trinajstić information content (AvgIpc) is 2.88. The number of hydrogen-bond acceptors (Lipinski definition) is 3. The van der Waals surface area contributed by atoms with E-state index < -0.39 is 0 Å². The Bertz CT molecular complexity index is 839. The summed E-state index contributed by atoms with van der Waals surface area (Å²) in [7, 11) is 0. The third-order valence-electron chi connectivity index (χ3n) is 3.80. The summed E-state index contributed by atoms with van der Waals surface area (Å²) in [6, 6.07) is 12.2. The summed E-state index contributed by atoms with van der Waals surface area (Å²) >= 11 is 0. The monoisotopic (exact) mass is 323 g/mol. The van der Waals surface area contributed by atoms with Crippen molar-refractivity contribution in [2.45, 2.75) is 20.5 Å². The summed E-state index contributed by atoms with van der Waals surface area (Å²) in [6.07, 6.45) is 5.14. The van der Waals surface area contributed by atoms with E-state index in [2.05, 4.69) is 14.7 Å². The van der Waals surface area contributed by atoms with E-state index in [1.165, 1.54) is 12.1 Å². The molecule has 0 unspecified atom stereocenters. The van der Waals surface area contributed by atoms with Crippen LogP contribution in [0.2, 0.25) is 0 Å². The molecule has 3 rings (SSSR count). The Kier molecular flexibility index (Phi) is 4.70. The van der Waals surface area contributed by atoms with Gasteiger partial charge in [-0.05, 0) is 61.9 Å². The smallest absolute Gasteiger partial charge is 0.142 e. The molecule has 2 aromatic heterocycles. The minimum Gasteiger partial charge on any atom is -0.391 e. The Morgan fingerprint density at radius 1 is 1.12 bits per heavy atom. The largest absolute Gasteiger partial charge is 0.391 e. The van der Waals surface area contributed by atoms with Crippen molar-refractivity contribution in [3.8, 4) is 5.69 Å². The zero-order valence-corrected chi connectivity index (χ0v) is 13.6. The lowest BCUT2D eigenvalue weighted by Crippen LogP contribution is -1.99. The van der Waals surface area contributed by atoms with Gasteiger partial charge in [0.25, 0.3) is 0 Å². The van der Waals surface area contributed by atoms with Crippen LogP contribution >= 0.6 is 0 Å². The molecule has 0 saturated heterocycles. The van der Waals surface area contributed by atoms with Crippen molar-refractivity contribution in [3.63, 3.8) is 0 Å². The molecular formula is C19H18FN3O. The van der Waals surface area contributed by atoms with Crippen LogP contribution in [0.25, 0.3) is 5.69 Å². The molecule has 0 amide bonds. The molecule has 0 atom stereocenters. The molecule has 0 spiro atoms. The van der Waals surface area contributed by atoms with Gasteiger partial charge in [-0.3, -0.25) is 4.98 Å². The highest BCUT2D eigenvalue weighted by molar-refractivity contribution is 5.81. The highest BCUT2D eigenvalue weighted by Gasteiger charge is 2.09. The van der Waals surface area contributed by atoms with Crippen molar-refractivity contribution < 1.29 is 9.23 Å². The fourth-order valence-electron chi connectivity index (χ4n) is 2.59. The Balaban J connectivity index is 1.74. The number of oxime groups is 1. The van der Waals surface area contributed by atoms with Gasteiger partial charge in [-0.1, -0.05) is 5.16 Å². The van der Waals surface area contributed by atoms with E-state index in [0.717, 1.165) is 28.2 Å². The van der Waals surface area contributed by atoms with Crippen molar-refractivity contribution in [1.29, 1.82) is 0 Å². The van der Waals surface area contributed by atoms with Crippen molar-refractivity contribution in [1.82, 2.24) is 9.55 Å². The first-order valence-corrected chi connectivity index (χ1v) is 7.64. The van der Waals surface area contributed by atoms with Gasteiger partial charge in [0.2, 0.25) is 0 Å². The molecule has 122 valence electrons. The molecule has 0 saturated carbocycles. The molecule has 3 aromatic rings. The van der Waals surface area contributed by atoms with Crippen molar-refractivity contribution in [3.05, 3.63) is 83.2 Å². The van der Waals surface area contributed by atoms with Crippen molar-refractivity contribution in [2.24, 2.45) is 5.16 Å². The van der Waals surface area contributed by atoms with Crippen LogP contribution in [-0.2, 0) is 11.4 Å². The molecule has 24 heavy (non-hydrogen) atoms. The van der Waals surface area contributed by atoms with E-state index in [1.54, 1.807) is 30.7 Å². The average molecular weight is 323 g/mol. The first-order valence-electron chi connectivity index (χ1n) is 7.64. The molecular weight excluding hydrogens is 305 g/mol. The van der Waals surface area contributed by atoms with E-state index in [1.807, 2.05) is 32.0 Å². The first kappa shape index (κ1) is 15.9. The number of nitrogens with zero attached hydrogens (tertiary/aromatic N) is 3. The summed E-state index contributed by atoms with van der Waals surface area (Å²) in [5.74, 6) is -0.243. The molecule has 0 bridgehead atoms. The zero-order valence-electron chi connectivity index (χ0n) is 13.6. The number of aromatic nitrogens is 2. The summed E-state index contributed by atoms with van der Waals surface area (Å²) in [4.78, 5) is 9.29. The summed E-state index contributed by atoms with van der Waals surface area (Å²) in [6.45, 7) is 4.40. The molecule has 2 heterocycles. The maximum absolute atomic E-state index is 13.1. The lowest BCUT2D eigenvalue weighted by atomic mass is 10.2. The van der Waals surface area contributed by atoms with E-state index in [9.17, 15) is 4.39 Å². The predicted octanol–water partition coefficient (Wildman–Crippen LogP) is 4.18. The number of hydrogen-bond donors (Lipinski definition) is 0. The van der Waals surface area contributed by atoms with E-state index in [4.69, 9.17) is 4.84 Å². The molecule has 4 nitrogen and oxygen atoms in total. The van der Waals surface area contributed by atoms with Crippen LogP contribution in [-0.4, -0.2) is 15.8 Å². The lowest BCUT2D eigenvalue weighted by molar-refractivity contribution is 0.132. The van der Waals surface area contributed by atoms with Gasteiger partial charge in [-0.25, -0.2) is 4.39 Å². The third kappa shape index (κ3) is 3.51. The highest BCUT2D eigenvalue weighted by Crippen LogP contribution is 2.20. The maximum Gasteiger partial charge on any atom is 0.142 e. The van der Waals surface area contributed by atoms with E-state index in [-0.39, 0.29) is 5.82 Å². The van der Waals surface area contributed by atoms with Gasteiger partial charge in [0.15, 0.2) is 0 Å². The molecule has 0 fully saturated rings. The van der Waals surface area contributed by atoms with Gasteiger partial charge >= 0.3 is 0 Å². The second-order valence-corrected chi connectivity index (χ2v) is 5.50. The van der Waals surface area contributed by atoms with Crippen molar-refractivity contribution in [2.75, 3.05) is 0 Å². The molecule has 5 heteroatoms. The molecule has 0 aliphatic rings. The van der Waals surface area contributed by atoms with E-state index in [0.29, 0.717) is 6.61 Å². The SMILES string of the molecule is Cc1cc(/C=N/OCc2ccncc2)c(C)n1-c1ccc(F)cc1.